The van der Waals surface area contributed by atoms with Crippen LogP contribution in [0.25, 0.3) is 0 Å². The van der Waals surface area contributed by atoms with Crippen molar-refractivity contribution in [3.05, 3.63) is 53.4 Å². The van der Waals surface area contributed by atoms with Crippen LogP contribution >= 0.6 is 0 Å². The maximum absolute atomic E-state index is 12.8. The minimum atomic E-state index is -0.419. The Morgan fingerprint density at radius 3 is 2.68 bits per heavy atom. The van der Waals surface area contributed by atoms with Gasteiger partial charge in [-0.1, -0.05) is 12.1 Å². The van der Waals surface area contributed by atoms with Gasteiger partial charge in [-0.15, -0.1) is 0 Å². The topological polar surface area (TPSA) is 44.1 Å². The molecule has 0 bridgehead atoms. The monoisotopic (exact) mass is 262 g/mol. The number of esters is 1. The molecule has 0 unspecified atom stereocenters. The fourth-order valence-corrected chi connectivity index (χ4v) is 1.79. The van der Waals surface area contributed by atoms with E-state index in [1.807, 2.05) is 11.5 Å². The molecule has 0 aliphatic carbocycles. The predicted molar refractivity (Wildman–Crippen MR) is 68.4 cm³/mol. The molecule has 0 saturated heterocycles. The number of imidazole rings is 1. The van der Waals surface area contributed by atoms with Crippen molar-refractivity contribution in [1.29, 1.82) is 0 Å². The molecule has 2 aromatic rings. The summed E-state index contributed by atoms with van der Waals surface area (Å²) in [5, 5.41) is 0. The summed E-state index contributed by atoms with van der Waals surface area (Å²) in [6.45, 7) is 4.42. The Hall–Kier alpha value is -2.17. The SMILES string of the molecule is CCOC(=O)c1ncn(Cc2ccc(F)cc2)c1C. The number of hydrogen-bond donors (Lipinski definition) is 0. The van der Waals surface area contributed by atoms with Gasteiger partial charge in [0.2, 0.25) is 0 Å². The maximum Gasteiger partial charge on any atom is 0.358 e. The van der Waals surface area contributed by atoms with Gasteiger partial charge >= 0.3 is 5.97 Å². The molecule has 5 heteroatoms. The number of aromatic nitrogens is 2. The molecule has 1 aromatic heterocycles. The quantitative estimate of drug-likeness (QED) is 0.795. The molecule has 0 radical (unpaired) electrons. The second kappa shape index (κ2) is 5.65. The van der Waals surface area contributed by atoms with Crippen LogP contribution in [0.5, 0.6) is 0 Å². The zero-order valence-electron chi connectivity index (χ0n) is 10.9. The average Bonchev–Trinajstić information content (AvgIpc) is 2.74. The lowest BCUT2D eigenvalue weighted by atomic mass is 10.2. The van der Waals surface area contributed by atoms with Crippen molar-refractivity contribution in [1.82, 2.24) is 9.55 Å². The molecule has 0 saturated carbocycles. The van der Waals surface area contributed by atoms with E-state index in [-0.39, 0.29) is 5.82 Å². The van der Waals surface area contributed by atoms with Gasteiger partial charge in [0.25, 0.3) is 0 Å². The molecule has 1 heterocycles. The second-order valence-electron chi connectivity index (χ2n) is 4.15. The molecule has 4 nitrogen and oxygen atoms in total. The number of carbonyl (C=O) groups is 1. The van der Waals surface area contributed by atoms with Gasteiger partial charge < -0.3 is 9.30 Å². The third kappa shape index (κ3) is 2.99. The van der Waals surface area contributed by atoms with Gasteiger partial charge in [-0.2, -0.15) is 0 Å². The van der Waals surface area contributed by atoms with E-state index in [1.165, 1.54) is 12.1 Å². The highest BCUT2D eigenvalue weighted by Crippen LogP contribution is 2.11. The van der Waals surface area contributed by atoms with Crippen molar-refractivity contribution in [2.75, 3.05) is 6.61 Å². The van der Waals surface area contributed by atoms with Gasteiger partial charge in [0, 0.05) is 12.2 Å². The molecule has 0 aliphatic heterocycles. The molecule has 19 heavy (non-hydrogen) atoms. The Bertz CT molecular complexity index is 576. The van der Waals surface area contributed by atoms with Gasteiger partial charge in [0.1, 0.15) is 5.82 Å². The van der Waals surface area contributed by atoms with E-state index >= 15 is 0 Å². The second-order valence-corrected chi connectivity index (χ2v) is 4.15. The van der Waals surface area contributed by atoms with Crippen molar-refractivity contribution in [2.45, 2.75) is 20.4 Å². The van der Waals surface area contributed by atoms with Crippen LogP contribution in [-0.4, -0.2) is 22.1 Å². The average molecular weight is 262 g/mol. The molecular formula is C14H15FN2O2. The highest BCUT2D eigenvalue weighted by atomic mass is 19.1. The zero-order chi connectivity index (χ0) is 13.8. The zero-order valence-corrected chi connectivity index (χ0v) is 10.9. The van der Waals surface area contributed by atoms with E-state index in [9.17, 15) is 9.18 Å². The number of carbonyl (C=O) groups excluding carboxylic acids is 1. The van der Waals surface area contributed by atoms with Crippen molar-refractivity contribution in [3.8, 4) is 0 Å². The van der Waals surface area contributed by atoms with Crippen LogP contribution < -0.4 is 0 Å². The third-order valence-corrected chi connectivity index (χ3v) is 2.83. The number of hydrogen-bond acceptors (Lipinski definition) is 3. The van der Waals surface area contributed by atoms with Crippen LogP contribution in [0, 0.1) is 12.7 Å². The molecule has 0 spiro atoms. The van der Waals surface area contributed by atoms with Crippen LogP contribution in [0.1, 0.15) is 28.7 Å². The number of halogens is 1. The third-order valence-electron chi connectivity index (χ3n) is 2.83. The maximum atomic E-state index is 12.8. The first-order valence-electron chi connectivity index (χ1n) is 6.05. The summed E-state index contributed by atoms with van der Waals surface area (Å²) in [6.07, 6.45) is 1.59. The largest absolute Gasteiger partial charge is 0.461 e. The molecule has 0 atom stereocenters. The summed E-state index contributed by atoms with van der Waals surface area (Å²) >= 11 is 0. The first kappa shape index (κ1) is 13.3. The standard InChI is InChI=1S/C14H15FN2O2/c1-3-19-14(18)13-10(2)17(9-16-13)8-11-4-6-12(15)7-5-11/h4-7,9H,3,8H2,1-2H3. The first-order chi connectivity index (χ1) is 9.11. The highest BCUT2D eigenvalue weighted by Gasteiger charge is 2.15. The van der Waals surface area contributed by atoms with Crippen molar-refractivity contribution >= 4 is 5.97 Å². The van der Waals surface area contributed by atoms with E-state index in [1.54, 1.807) is 25.4 Å². The summed E-state index contributed by atoms with van der Waals surface area (Å²) in [6, 6.07) is 6.24. The lowest BCUT2D eigenvalue weighted by molar-refractivity contribution is 0.0519. The molecule has 2 rings (SSSR count). The smallest absolute Gasteiger partial charge is 0.358 e. The summed E-state index contributed by atoms with van der Waals surface area (Å²) < 4.78 is 19.6. The van der Waals surface area contributed by atoms with Crippen LogP contribution in [0.4, 0.5) is 4.39 Å². The summed E-state index contributed by atoms with van der Waals surface area (Å²) in [7, 11) is 0. The van der Waals surface area contributed by atoms with Gasteiger partial charge in [0.05, 0.1) is 12.9 Å². The Morgan fingerprint density at radius 2 is 2.05 bits per heavy atom. The number of benzene rings is 1. The van der Waals surface area contributed by atoms with E-state index in [0.717, 1.165) is 11.3 Å². The molecule has 0 fully saturated rings. The van der Waals surface area contributed by atoms with Gasteiger partial charge in [-0.3, -0.25) is 0 Å². The van der Waals surface area contributed by atoms with Crippen LogP contribution in [0.15, 0.2) is 30.6 Å². The number of nitrogens with zero attached hydrogens (tertiary/aromatic N) is 2. The van der Waals surface area contributed by atoms with E-state index in [4.69, 9.17) is 4.74 Å². The van der Waals surface area contributed by atoms with Crippen LogP contribution in [-0.2, 0) is 11.3 Å². The van der Waals surface area contributed by atoms with Gasteiger partial charge in [-0.25, -0.2) is 14.2 Å². The van der Waals surface area contributed by atoms with Gasteiger partial charge in [0.15, 0.2) is 5.69 Å². The predicted octanol–water partition coefficient (Wildman–Crippen LogP) is 2.56. The number of rotatable bonds is 4. The molecule has 1 aromatic carbocycles. The van der Waals surface area contributed by atoms with Crippen molar-refractivity contribution in [2.24, 2.45) is 0 Å². The number of ether oxygens (including phenoxy) is 1. The minimum absolute atomic E-state index is 0.265. The fraction of sp³-hybridized carbons (Fsp3) is 0.286. The fourth-order valence-electron chi connectivity index (χ4n) is 1.79. The summed E-state index contributed by atoms with van der Waals surface area (Å²) in [5.41, 5.74) is 2.00. The van der Waals surface area contributed by atoms with Gasteiger partial charge in [-0.05, 0) is 31.5 Å². The summed E-state index contributed by atoms with van der Waals surface area (Å²) in [4.78, 5) is 15.7. The van der Waals surface area contributed by atoms with Crippen molar-refractivity contribution in [3.63, 3.8) is 0 Å². The van der Waals surface area contributed by atoms with Crippen LogP contribution in [0.3, 0.4) is 0 Å². The van der Waals surface area contributed by atoms with E-state index in [2.05, 4.69) is 4.98 Å². The minimum Gasteiger partial charge on any atom is -0.461 e. The highest BCUT2D eigenvalue weighted by molar-refractivity contribution is 5.88. The normalized spacial score (nSPS) is 10.5. The Labute approximate surface area is 110 Å². The van der Waals surface area contributed by atoms with E-state index in [0.29, 0.717) is 18.8 Å². The molecule has 100 valence electrons. The lowest BCUT2D eigenvalue weighted by Gasteiger charge is -2.06. The van der Waals surface area contributed by atoms with Crippen molar-refractivity contribution < 1.29 is 13.9 Å². The first-order valence-corrected chi connectivity index (χ1v) is 6.05. The molecule has 0 amide bonds. The molecular weight excluding hydrogens is 247 g/mol. The Balaban J connectivity index is 2.18. The molecule has 0 aliphatic rings. The van der Waals surface area contributed by atoms with Crippen LogP contribution in [0.2, 0.25) is 0 Å². The molecule has 0 N–H and O–H groups in total. The Kier molecular flexibility index (Phi) is 3.94. The lowest BCUT2D eigenvalue weighted by Crippen LogP contribution is -2.08. The summed E-state index contributed by atoms with van der Waals surface area (Å²) in [5.74, 6) is -0.684. The Morgan fingerprint density at radius 1 is 1.37 bits per heavy atom. The van der Waals surface area contributed by atoms with E-state index < -0.39 is 5.97 Å².